The molecule has 4 aromatic rings. The van der Waals surface area contributed by atoms with Gasteiger partial charge in [-0.1, -0.05) is 66.2 Å². The van der Waals surface area contributed by atoms with Gasteiger partial charge in [0.1, 0.15) is 4.88 Å². The van der Waals surface area contributed by atoms with Crippen LogP contribution in [0.15, 0.2) is 66.7 Å². The third-order valence-corrected chi connectivity index (χ3v) is 7.05. The molecule has 2 N–H and O–H groups in total. The van der Waals surface area contributed by atoms with Gasteiger partial charge in [-0.05, 0) is 42.6 Å². The van der Waals surface area contributed by atoms with Crippen LogP contribution in [0.2, 0.25) is 5.02 Å². The molecule has 0 spiro atoms. The average molecular weight is 469 g/mol. The largest absolute Gasteiger partial charge is 0.396 e. The van der Waals surface area contributed by atoms with E-state index in [1.807, 2.05) is 71.6 Å². The minimum atomic E-state index is -0.316. The fourth-order valence-corrected chi connectivity index (χ4v) is 5.23. The van der Waals surface area contributed by atoms with Crippen LogP contribution in [0.4, 0.5) is 5.69 Å². The van der Waals surface area contributed by atoms with E-state index in [1.165, 1.54) is 11.3 Å². The molecule has 4 nitrogen and oxygen atoms in total. The van der Waals surface area contributed by atoms with Gasteiger partial charge in [0, 0.05) is 28.6 Å². The van der Waals surface area contributed by atoms with E-state index in [2.05, 4.69) is 5.32 Å². The Hall–Kier alpha value is -2.51. The number of benzene rings is 3. The van der Waals surface area contributed by atoms with Crippen LogP contribution in [0, 0.1) is 0 Å². The molecule has 0 saturated heterocycles. The molecular weight excluding hydrogens is 448 g/mol. The zero-order chi connectivity index (χ0) is 21.8. The number of carbonyl (C=O) groups excluding carboxylic acids is 1. The highest BCUT2D eigenvalue weighted by Crippen LogP contribution is 2.35. The first-order valence-electron chi connectivity index (χ1n) is 9.98. The Labute approximate surface area is 195 Å². The molecule has 0 fully saturated rings. The second-order valence-corrected chi connectivity index (χ2v) is 8.90. The Kier molecular flexibility index (Phi) is 6.83. The molecule has 158 valence electrons. The summed E-state index contributed by atoms with van der Waals surface area (Å²) in [5.74, 6) is -0.316. The Balaban J connectivity index is 1.64. The number of amides is 1. The number of aliphatic hydroxyl groups is 1. The van der Waals surface area contributed by atoms with Gasteiger partial charge in [0.15, 0.2) is 5.11 Å². The second-order valence-electron chi connectivity index (χ2n) is 7.08. The van der Waals surface area contributed by atoms with Crippen molar-refractivity contribution in [2.75, 3.05) is 18.1 Å². The van der Waals surface area contributed by atoms with Crippen LogP contribution in [-0.2, 0) is 0 Å². The lowest BCUT2D eigenvalue weighted by atomic mass is 10.1. The van der Waals surface area contributed by atoms with Crippen LogP contribution in [0.25, 0.3) is 20.9 Å². The van der Waals surface area contributed by atoms with Crippen molar-refractivity contribution in [3.05, 3.63) is 76.6 Å². The molecule has 0 atom stereocenters. The molecule has 4 rings (SSSR count). The number of unbranched alkanes of at least 4 members (excludes halogenated alkanes) is 1. The maximum Gasteiger partial charge on any atom is 0.269 e. The molecule has 0 aliphatic rings. The van der Waals surface area contributed by atoms with Crippen LogP contribution in [-0.4, -0.2) is 29.3 Å². The molecule has 0 aliphatic carbocycles. The maximum absolute atomic E-state index is 13.0. The van der Waals surface area contributed by atoms with E-state index >= 15 is 0 Å². The summed E-state index contributed by atoms with van der Waals surface area (Å²) < 4.78 is 0.956. The Morgan fingerprint density at radius 2 is 1.71 bits per heavy atom. The molecule has 1 amide bonds. The first kappa shape index (κ1) is 21.7. The van der Waals surface area contributed by atoms with Crippen molar-refractivity contribution in [3.8, 4) is 0 Å². The van der Waals surface area contributed by atoms with E-state index in [1.54, 1.807) is 0 Å². The average Bonchev–Trinajstić information content (AvgIpc) is 3.13. The fourth-order valence-electron chi connectivity index (χ4n) is 3.54. The third-order valence-electron chi connectivity index (χ3n) is 5.05. The smallest absolute Gasteiger partial charge is 0.269 e. The molecule has 31 heavy (non-hydrogen) atoms. The summed E-state index contributed by atoms with van der Waals surface area (Å²) in [6, 6.07) is 21.7. The molecule has 0 radical (unpaired) electrons. The Morgan fingerprint density at radius 1 is 1.00 bits per heavy atom. The Bertz CT molecular complexity index is 1250. The maximum atomic E-state index is 13.0. The van der Waals surface area contributed by atoms with Crippen molar-refractivity contribution in [2.45, 2.75) is 12.8 Å². The van der Waals surface area contributed by atoms with Gasteiger partial charge < -0.3 is 10.0 Å². The van der Waals surface area contributed by atoms with E-state index in [0.29, 0.717) is 28.0 Å². The summed E-state index contributed by atoms with van der Waals surface area (Å²) in [6.45, 7) is 0.688. The van der Waals surface area contributed by atoms with Crippen LogP contribution >= 0.6 is 35.2 Å². The normalized spacial score (nSPS) is 11.0. The third kappa shape index (κ3) is 4.57. The van der Waals surface area contributed by atoms with Crippen molar-refractivity contribution < 1.29 is 9.90 Å². The molecule has 7 heteroatoms. The van der Waals surface area contributed by atoms with E-state index in [0.717, 1.165) is 33.0 Å². The van der Waals surface area contributed by atoms with Gasteiger partial charge in [-0.25, -0.2) is 0 Å². The van der Waals surface area contributed by atoms with Gasteiger partial charge in [-0.15, -0.1) is 11.3 Å². The van der Waals surface area contributed by atoms with Crippen LogP contribution in [0.3, 0.4) is 0 Å². The number of halogens is 1. The number of rotatable bonds is 6. The number of thiocarbonyl (C=S) groups is 1. The summed E-state index contributed by atoms with van der Waals surface area (Å²) >= 11 is 13.5. The molecule has 3 aromatic carbocycles. The van der Waals surface area contributed by atoms with Gasteiger partial charge in [-0.2, -0.15) is 0 Å². The van der Waals surface area contributed by atoms with E-state index in [4.69, 9.17) is 23.8 Å². The monoisotopic (exact) mass is 468 g/mol. The van der Waals surface area contributed by atoms with Gasteiger partial charge in [0.2, 0.25) is 0 Å². The number of fused-ring (bicyclic) bond motifs is 2. The van der Waals surface area contributed by atoms with E-state index in [9.17, 15) is 9.90 Å². The highest BCUT2D eigenvalue weighted by atomic mass is 35.5. The first-order chi connectivity index (χ1) is 15.1. The lowest BCUT2D eigenvalue weighted by molar-refractivity contribution is 0.0981. The van der Waals surface area contributed by atoms with E-state index < -0.39 is 0 Å². The fraction of sp³-hybridized carbons (Fsp3) is 0.167. The van der Waals surface area contributed by atoms with E-state index in [-0.39, 0.29) is 12.5 Å². The summed E-state index contributed by atoms with van der Waals surface area (Å²) in [6.07, 6.45) is 1.39. The quantitative estimate of drug-likeness (QED) is 0.269. The molecular formula is C24H21ClN2O2S2. The molecule has 0 bridgehead atoms. The van der Waals surface area contributed by atoms with Crippen LogP contribution < -0.4 is 10.2 Å². The van der Waals surface area contributed by atoms with Crippen molar-refractivity contribution in [3.63, 3.8) is 0 Å². The number of hydrogen-bond acceptors (Lipinski definition) is 4. The van der Waals surface area contributed by atoms with Crippen molar-refractivity contribution in [1.82, 2.24) is 5.32 Å². The predicted molar refractivity (Wildman–Crippen MR) is 135 cm³/mol. The highest BCUT2D eigenvalue weighted by Gasteiger charge is 2.21. The van der Waals surface area contributed by atoms with Gasteiger partial charge in [-0.3, -0.25) is 10.1 Å². The zero-order valence-electron chi connectivity index (χ0n) is 16.7. The number of hydrogen-bond donors (Lipinski definition) is 2. The Morgan fingerprint density at radius 3 is 2.48 bits per heavy atom. The number of anilines is 1. The van der Waals surface area contributed by atoms with Crippen molar-refractivity contribution >= 4 is 72.7 Å². The van der Waals surface area contributed by atoms with Crippen LogP contribution in [0.1, 0.15) is 22.5 Å². The summed E-state index contributed by atoms with van der Waals surface area (Å²) in [5, 5.41) is 15.8. The topological polar surface area (TPSA) is 52.6 Å². The molecule has 1 heterocycles. The minimum absolute atomic E-state index is 0.111. The number of nitrogens with one attached hydrogen (secondary N) is 1. The lowest BCUT2D eigenvalue weighted by Crippen LogP contribution is -2.43. The number of nitrogens with zero attached hydrogens (tertiary/aromatic N) is 1. The van der Waals surface area contributed by atoms with Gasteiger partial charge in [0.05, 0.1) is 10.7 Å². The second kappa shape index (κ2) is 9.75. The molecule has 0 unspecified atom stereocenters. The lowest BCUT2D eigenvalue weighted by Gasteiger charge is -2.26. The molecule has 0 saturated carbocycles. The molecule has 0 aliphatic heterocycles. The number of carbonyl (C=O) groups is 1. The summed E-state index contributed by atoms with van der Waals surface area (Å²) in [7, 11) is 0. The first-order valence-corrected chi connectivity index (χ1v) is 11.6. The van der Waals surface area contributed by atoms with Gasteiger partial charge >= 0.3 is 0 Å². The van der Waals surface area contributed by atoms with Crippen LogP contribution in [0.5, 0.6) is 0 Å². The molecule has 1 aromatic heterocycles. The standard InChI is InChI=1S/C24H21ClN2O2S2/c25-21-18-11-3-4-13-20(18)31-22(21)23(29)26-24(30)27(14-5-6-15-28)19-12-7-9-16-8-1-2-10-17(16)19/h1-4,7-13,28H,5-6,14-15H2,(H,26,29,30). The van der Waals surface area contributed by atoms with Crippen molar-refractivity contribution in [2.24, 2.45) is 0 Å². The zero-order valence-corrected chi connectivity index (χ0v) is 19.1. The van der Waals surface area contributed by atoms with Gasteiger partial charge in [0.25, 0.3) is 5.91 Å². The number of thiophene rings is 1. The summed E-state index contributed by atoms with van der Waals surface area (Å²) in [4.78, 5) is 15.4. The van der Waals surface area contributed by atoms with Crippen molar-refractivity contribution in [1.29, 1.82) is 0 Å². The minimum Gasteiger partial charge on any atom is -0.396 e. The predicted octanol–water partition coefficient (Wildman–Crippen LogP) is 6.00. The number of aliphatic hydroxyl groups excluding tert-OH is 1. The summed E-state index contributed by atoms with van der Waals surface area (Å²) in [5.41, 5.74) is 0.920. The SMILES string of the molecule is O=C(NC(=S)N(CCCCO)c1cccc2ccccc12)c1sc2ccccc2c1Cl. The highest BCUT2D eigenvalue weighted by molar-refractivity contribution is 7.80.